The van der Waals surface area contributed by atoms with Gasteiger partial charge in [-0.2, -0.15) is 0 Å². The van der Waals surface area contributed by atoms with E-state index >= 15 is 0 Å². The first kappa shape index (κ1) is 27.2. The Morgan fingerprint density at radius 2 is 0.968 bits per heavy atom. The number of anilines is 2. The summed E-state index contributed by atoms with van der Waals surface area (Å²) in [4.78, 5) is 0. The van der Waals surface area contributed by atoms with Crippen molar-refractivity contribution in [1.82, 2.24) is 0 Å². The molecule has 4 nitrogen and oxygen atoms in total. The van der Waals surface area contributed by atoms with Crippen molar-refractivity contribution in [2.45, 2.75) is 41.5 Å². The van der Waals surface area contributed by atoms with Gasteiger partial charge in [0.1, 0.15) is 11.5 Å². The smallest absolute Gasteiger partial charge is 0.175 e. The Morgan fingerprint density at radius 3 is 1.19 bits per heavy atom. The quantitative estimate of drug-likeness (QED) is 0.284. The lowest BCUT2D eigenvalue weighted by molar-refractivity contribution is 0.340. The Balaban J connectivity index is 0.000000452. The highest BCUT2D eigenvalue weighted by atomic mass is 32.1. The summed E-state index contributed by atoms with van der Waals surface area (Å²) in [6.07, 6.45) is 5.82. The summed E-state index contributed by atoms with van der Waals surface area (Å²) in [5.74, 6) is 1.69. The third-order valence-corrected chi connectivity index (χ3v) is 11.1. The summed E-state index contributed by atoms with van der Waals surface area (Å²) in [7, 11) is -0.420. The molecule has 0 spiro atoms. The average molecular weight is 464 g/mol. The van der Waals surface area contributed by atoms with Crippen LogP contribution in [0.1, 0.15) is 41.5 Å². The van der Waals surface area contributed by atoms with Crippen molar-refractivity contribution in [2.75, 3.05) is 48.5 Å². The summed E-state index contributed by atoms with van der Waals surface area (Å²) < 4.78 is 10.8. The van der Waals surface area contributed by atoms with Crippen molar-refractivity contribution in [1.29, 1.82) is 0 Å². The minimum absolute atomic E-state index is 0.420. The second-order valence-corrected chi connectivity index (χ2v) is 12.7. The van der Waals surface area contributed by atoms with Gasteiger partial charge in [-0.05, 0) is 102 Å². The van der Waals surface area contributed by atoms with E-state index in [1.54, 1.807) is 0 Å². The lowest BCUT2D eigenvalue weighted by Gasteiger charge is -2.20. The van der Waals surface area contributed by atoms with E-state index < -0.39 is 7.26 Å². The molecule has 0 aliphatic rings. The second kappa shape index (κ2) is 15.0. The van der Waals surface area contributed by atoms with Gasteiger partial charge in [-0.25, -0.2) is 0 Å². The predicted octanol–water partition coefficient (Wildman–Crippen LogP) is 7.38. The van der Waals surface area contributed by atoms with Crippen LogP contribution in [0.15, 0.2) is 48.5 Å². The molecule has 0 saturated carbocycles. The molecule has 2 aromatic carbocycles. The molecule has 6 heteroatoms. The van der Waals surface area contributed by atoms with E-state index in [1.165, 1.54) is 24.6 Å². The van der Waals surface area contributed by atoms with E-state index in [0.717, 1.165) is 22.9 Å². The largest absolute Gasteiger partial charge is 0.494 e. The molecule has 0 aliphatic carbocycles. The molecular weight excluding hydrogens is 423 g/mol. The first-order valence-corrected chi connectivity index (χ1v) is 14.3. The van der Waals surface area contributed by atoms with Crippen LogP contribution in [-0.2, 0) is 0 Å². The Labute approximate surface area is 195 Å². The van der Waals surface area contributed by atoms with Gasteiger partial charge in [0.25, 0.3) is 0 Å². The van der Waals surface area contributed by atoms with Crippen LogP contribution in [0, 0.1) is 0 Å². The zero-order valence-corrected chi connectivity index (χ0v) is 21.7. The van der Waals surface area contributed by atoms with Gasteiger partial charge in [-0.15, -0.1) is 0 Å². The Morgan fingerprint density at radius 1 is 0.645 bits per heavy atom. The summed E-state index contributed by atoms with van der Waals surface area (Å²) in [6.45, 7) is 14.6. The summed E-state index contributed by atoms with van der Waals surface area (Å²) >= 11 is 5.30. The van der Waals surface area contributed by atoms with Crippen molar-refractivity contribution in [3.63, 3.8) is 0 Å². The molecule has 0 saturated heterocycles. The van der Waals surface area contributed by atoms with Crippen LogP contribution < -0.4 is 20.1 Å². The molecule has 0 amide bonds. The number of ether oxygens (including phenoxy) is 2. The van der Waals surface area contributed by atoms with E-state index in [1.807, 2.05) is 62.4 Å². The molecule has 2 N–H and O–H groups in total. The molecule has 0 fully saturated rings. The first-order chi connectivity index (χ1) is 14.9. The number of rotatable bonds is 10. The van der Waals surface area contributed by atoms with Gasteiger partial charge < -0.3 is 20.1 Å². The SMILES string of the molecule is CCOc1ccc(NC(=S)Nc2ccc(OCC)cc2)cc1.CC[P+](CC)(CC)CC. The number of hydrogen-bond donors (Lipinski definition) is 2. The molecule has 0 aromatic heterocycles. The molecule has 0 radical (unpaired) electrons. The molecule has 0 heterocycles. The molecule has 172 valence electrons. The van der Waals surface area contributed by atoms with E-state index in [0.29, 0.717) is 18.3 Å². The lowest BCUT2D eigenvalue weighted by Crippen LogP contribution is -2.18. The summed E-state index contributed by atoms with van der Waals surface area (Å²) in [6, 6.07) is 15.3. The third-order valence-electron chi connectivity index (χ3n) is 5.53. The predicted molar refractivity (Wildman–Crippen MR) is 144 cm³/mol. The molecule has 0 bridgehead atoms. The van der Waals surface area contributed by atoms with Gasteiger partial charge in [-0.3, -0.25) is 0 Å². The van der Waals surface area contributed by atoms with Gasteiger partial charge in [0.05, 0.1) is 37.9 Å². The molecule has 2 aromatic rings. The van der Waals surface area contributed by atoms with Crippen LogP contribution in [-0.4, -0.2) is 43.0 Å². The van der Waals surface area contributed by atoms with E-state index in [-0.39, 0.29) is 0 Å². The number of benzene rings is 2. The third kappa shape index (κ3) is 9.88. The standard InChI is InChI=1S/C17H20N2O2S.C8H20P/c1-3-20-15-9-5-13(6-10-15)18-17(22)19-14-7-11-16(12-8-14)21-4-2;1-5-9(6-2,7-3)8-4/h5-12H,3-4H2,1-2H3,(H2,18,19,22);5-8H2,1-4H3/q;+1. The van der Waals surface area contributed by atoms with Gasteiger partial charge in [0.15, 0.2) is 5.11 Å². The topological polar surface area (TPSA) is 42.5 Å². The van der Waals surface area contributed by atoms with Crippen LogP contribution in [0.3, 0.4) is 0 Å². The molecule has 31 heavy (non-hydrogen) atoms. The van der Waals surface area contributed by atoms with Crippen LogP contribution in [0.2, 0.25) is 0 Å². The lowest BCUT2D eigenvalue weighted by atomic mass is 10.3. The van der Waals surface area contributed by atoms with Crippen molar-refractivity contribution < 1.29 is 9.47 Å². The molecule has 2 rings (SSSR count). The fourth-order valence-corrected chi connectivity index (χ4v) is 6.16. The minimum atomic E-state index is -0.420. The van der Waals surface area contributed by atoms with Crippen LogP contribution in [0.25, 0.3) is 0 Å². The fourth-order valence-electron chi connectivity index (χ4n) is 3.24. The maximum atomic E-state index is 5.40. The number of thiocarbonyl (C=S) groups is 1. The van der Waals surface area contributed by atoms with E-state index in [2.05, 4.69) is 38.3 Å². The second-order valence-electron chi connectivity index (χ2n) is 7.10. The van der Waals surface area contributed by atoms with Gasteiger partial charge in [-0.1, -0.05) is 0 Å². The normalized spacial score (nSPS) is 10.5. The summed E-state index contributed by atoms with van der Waals surface area (Å²) in [5.41, 5.74) is 1.82. The highest BCUT2D eigenvalue weighted by Gasteiger charge is 2.27. The molecule has 0 aliphatic heterocycles. The monoisotopic (exact) mass is 463 g/mol. The Bertz CT molecular complexity index is 676. The van der Waals surface area contributed by atoms with E-state index in [4.69, 9.17) is 21.7 Å². The number of hydrogen-bond acceptors (Lipinski definition) is 3. The Kier molecular flexibility index (Phi) is 13.2. The average Bonchev–Trinajstić information content (AvgIpc) is 2.79. The van der Waals surface area contributed by atoms with Crippen LogP contribution >= 0.6 is 19.5 Å². The van der Waals surface area contributed by atoms with Crippen molar-refractivity contribution in [2.24, 2.45) is 0 Å². The van der Waals surface area contributed by atoms with Crippen molar-refractivity contribution in [3.05, 3.63) is 48.5 Å². The minimum Gasteiger partial charge on any atom is -0.494 e. The zero-order chi connectivity index (χ0) is 23.1. The van der Waals surface area contributed by atoms with Gasteiger partial charge >= 0.3 is 0 Å². The number of nitrogens with one attached hydrogen (secondary N) is 2. The maximum absolute atomic E-state index is 5.40. The van der Waals surface area contributed by atoms with Crippen molar-refractivity contribution >= 4 is 36.0 Å². The van der Waals surface area contributed by atoms with Crippen LogP contribution in [0.4, 0.5) is 11.4 Å². The van der Waals surface area contributed by atoms with Crippen LogP contribution in [0.5, 0.6) is 11.5 Å². The van der Waals surface area contributed by atoms with Gasteiger partial charge in [0.2, 0.25) is 0 Å². The maximum Gasteiger partial charge on any atom is 0.175 e. The highest BCUT2D eigenvalue weighted by molar-refractivity contribution is 7.80. The van der Waals surface area contributed by atoms with Gasteiger partial charge in [0, 0.05) is 18.6 Å². The van der Waals surface area contributed by atoms with E-state index in [9.17, 15) is 0 Å². The Hall–Kier alpha value is -1.84. The van der Waals surface area contributed by atoms with Crippen molar-refractivity contribution in [3.8, 4) is 11.5 Å². The fraction of sp³-hybridized carbons (Fsp3) is 0.480. The molecular formula is C25H40N2O2PS+. The molecule has 0 unspecified atom stereocenters. The zero-order valence-electron chi connectivity index (χ0n) is 20.0. The molecule has 0 atom stereocenters. The first-order valence-electron chi connectivity index (χ1n) is 11.3. The highest BCUT2D eigenvalue weighted by Crippen LogP contribution is 2.57. The summed E-state index contributed by atoms with van der Waals surface area (Å²) in [5, 5.41) is 6.80.